The quantitative estimate of drug-likeness (QED) is 0.432. The molecule has 3 aromatic rings. The van der Waals surface area contributed by atoms with Crippen molar-refractivity contribution in [1.29, 1.82) is 0 Å². The molecule has 1 N–H and O–H groups in total. The van der Waals surface area contributed by atoms with Crippen LogP contribution in [0.3, 0.4) is 0 Å². The maximum Gasteiger partial charge on any atom is 0.264 e. The van der Waals surface area contributed by atoms with E-state index in [0.29, 0.717) is 5.75 Å². The van der Waals surface area contributed by atoms with Crippen LogP contribution in [0.25, 0.3) is 0 Å². The van der Waals surface area contributed by atoms with E-state index in [-0.39, 0.29) is 10.6 Å². The van der Waals surface area contributed by atoms with Crippen molar-refractivity contribution in [3.8, 4) is 5.75 Å². The largest absolute Gasteiger partial charge is 0.495 e. The zero-order valence-corrected chi connectivity index (χ0v) is 18.0. The molecule has 0 atom stereocenters. The molecule has 0 radical (unpaired) electrons. The molecule has 0 unspecified atom stereocenters. The van der Waals surface area contributed by atoms with Crippen molar-refractivity contribution in [2.45, 2.75) is 11.8 Å². The summed E-state index contributed by atoms with van der Waals surface area (Å²) < 4.78 is 33.0. The second-order valence-corrected chi connectivity index (χ2v) is 8.56. The molecule has 3 rings (SSSR count). The summed E-state index contributed by atoms with van der Waals surface area (Å²) in [5, 5.41) is 3.94. The van der Waals surface area contributed by atoms with E-state index in [0.717, 1.165) is 15.4 Å². The monoisotopic (exact) mass is 437 g/mol. The van der Waals surface area contributed by atoms with E-state index >= 15 is 0 Å². The van der Waals surface area contributed by atoms with Gasteiger partial charge in [0.25, 0.3) is 15.9 Å². The summed E-state index contributed by atoms with van der Waals surface area (Å²) in [5.41, 5.74) is 4.57. The number of carbonyl (C=O) groups excluding carboxylic acids is 1. The summed E-state index contributed by atoms with van der Waals surface area (Å²) in [6, 6.07) is 22.1. The summed E-state index contributed by atoms with van der Waals surface area (Å²) in [6.45, 7) is 1.51. The minimum atomic E-state index is -4.02. The van der Waals surface area contributed by atoms with E-state index in [1.54, 1.807) is 42.5 Å². The van der Waals surface area contributed by atoms with Gasteiger partial charge in [0.1, 0.15) is 12.3 Å². The van der Waals surface area contributed by atoms with Crippen molar-refractivity contribution in [3.05, 3.63) is 90.0 Å². The van der Waals surface area contributed by atoms with Crippen LogP contribution in [0.1, 0.15) is 11.1 Å². The van der Waals surface area contributed by atoms with Crippen LogP contribution >= 0.6 is 0 Å². The van der Waals surface area contributed by atoms with Crippen molar-refractivity contribution < 1.29 is 17.9 Å². The number of carbonyl (C=O) groups is 1. The van der Waals surface area contributed by atoms with Gasteiger partial charge in [-0.05, 0) is 36.8 Å². The Bertz CT molecular complexity index is 1160. The maximum atomic E-state index is 13.3. The standard InChI is InChI=1S/C23H23N3O4S/c1-18-12-14-19(15-13-18)16-24-25-23(27)17-26(21-10-6-7-11-22(21)30-2)31(28,29)20-8-4-3-5-9-20/h3-16H,17H2,1-2H3,(H,25,27)/b24-16-. The number of anilines is 1. The molecular weight excluding hydrogens is 414 g/mol. The van der Waals surface area contributed by atoms with Gasteiger partial charge in [0, 0.05) is 0 Å². The third kappa shape index (κ3) is 5.49. The lowest BCUT2D eigenvalue weighted by atomic mass is 10.2. The highest BCUT2D eigenvalue weighted by Gasteiger charge is 2.29. The molecule has 0 aromatic heterocycles. The first-order chi connectivity index (χ1) is 14.9. The van der Waals surface area contributed by atoms with Gasteiger partial charge in [-0.2, -0.15) is 5.10 Å². The second kappa shape index (κ2) is 9.90. The number of nitrogens with zero attached hydrogens (tertiary/aromatic N) is 2. The van der Waals surface area contributed by atoms with Crippen molar-refractivity contribution in [3.63, 3.8) is 0 Å². The number of hydrogen-bond acceptors (Lipinski definition) is 5. The fourth-order valence-corrected chi connectivity index (χ4v) is 4.30. The molecule has 3 aromatic carbocycles. The smallest absolute Gasteiger partial charge is 0.264 e. The van der Waals surface area contributed by atoms with E-state index in [9.17, 15) is 13.2 Å². The molecular formula is C23H23N3O4S. The Morgan fingerprint density at radius 1 is 1.00 bits per heavy atom. The van der Waals surface area contributed by atoms with Crippen molar-refractivity contribution in [1.82, 2.24) is 5.43 Å². The number of benzene rings is 3. The fourth-order valence-electron chi connectivity index (χ4n) is 2.85. The zero-order valence-electron chi connectivity index (χ0n) is 17.2. The predicted octanol–water partition coefficient (Wildman–Crippen LogP) is 3.35. The Kier molecular flexibility index (Phi) is 7.04. The average molecular weight is 438 g/mol. The van der Waals surface area contributed by atoms with Crippen LogP contribution < -0.4 is 14.5 Å². The van der Waals surface area contributed by atoms with Gasteiger partial charge in [-0.3, -0.25) is 9.10 Å². The van der Waals surface area contributed by atoms with Crippen LogP contribution in [0.5, 0.6) is 5.75 Å². The molecule has 31 heavy (non-hydrogen) atoms. The Morgan fingerprint density at radius 2 is 1.65 bits per heavy atom. The lowest BCUT2D eigenvalue weighted by Gasteiger charge is -2.25. The summed E-state index contributed by atoms with van der Waals surface area (Å²) >= 11 is 0. The molecule has 7 nitrogen and oxygen atoms in total. The highest BCUT2D eigenvalue weighted by atomic mass is 32.2. The molecule has 0 aliphatic carbocycles. The lowest BCUT2D eigenvalue weighted by Crippen LogP contribution is -2.39. The van der Waals surface area contributed by atoms with Gasteiger partial charge in [0.2, 0.25) is 0 Å². The van der Waals surface area contributed by atoms with E-state index < -0.39 is 22.5 Å². The molecule has 8 heteroatoms. The van der Waals surface area contributed by atoms with E-state index in [1.807, 2.05) is 31.2 Å². The van der Waals surface area contributed by atoms with Crippen molar-refractivity contribution in [2.24, 2.45) is 5.10 Å². The summed E-state index contributed by atoms with van der Waals surface area (Å²) in [5.74, 6) is -0.258. The first-order valence-corrected chi connectivity index (χ1v) is 10.9. The lowest BCUT2D eigenvalue weighted by molar-refractivity contribution is -0.119. The van der Waals surface area contributed by atoms with Crippen LogP contribution in [-0.2, 0) is 14.8 Å². The molecule has 0 heterocycles. The Labute approximate surface area is 182 Å². The first kappa shape index (κ1) is 22.0. The van der Waals surface area contributed by atoms with Gasteiger partial charge in [-0.15, -0.1) is 0 Å². The number of para-hydroxylation sites is 2. The Morgan fingerprint density at radius 3 is 2.32 bits per heavy atom. The molecule has 0 saturated carbocycles. The minimum Gasteiger partial charge on any atom is -0.495 e. The summed E-state index contributed by atoms with van der Waals surface area (Å²) in [4.78, 5) is 12.6. The number of hydrazone groups is 1. The third-order valence-electron chi connectivity index (χ3n) is 4.45. The molecule has 0 fully saturated rings. The topological polar surface area (TPSA) is 88.1 Å². The predicted molar refractivity (Wildman–Crippen MR) is 121 cm³/mol. The van der Waals surface area contributed by atoms with E-state index in [4.69, 9.17) is 4.74 Å². The summed E-state index contributed by atoms with van der Waals surface area (Å²) in [7, 11) is -2.58. The minimum absolute atomic E-state index is 0.0665. The molecule has 0 bridgehead atoms. The molecule has 0 aliphatic rings. The summed E-state index contributed by atoms with van der Waals surface area (Å²) in [6.07, 6.45) is 1.50. The highest BCUT2D eigenvalue weighted by molar-refractivity contribution is 7.92. The van der Waals surface area contributed by atoms with Gasteiger partial charge in [0.15, 0.2) is 0 Å². The van der Waals surface area contributed by atoms with E-state index in [2.05, 4.69) is 10.5 Å². The van der Waals surface area contributed by atoms with Crippen LogP contribution in [0, 0.1) is 6.92 Å². The van der Waals surface area contributed by atoms with Gasteiger partial charge in [-0.1, -0.05) is 60.2 Å². The van der Waals surface area contributed by atoms with Crippen LogP contribution in [0.4, 0.5) is 5.69 Å². The number of amides is 1. The highest BCUT2D eigenvalue weighted by Crippen LogP contribution is 2.31. The first-order valence-electron chi connectivity index (χ1n) is 9.51. The number of hydrogen-bond donors (Lipinski definition) is 1. The number of ether oxygens (including phenoxy) is 1. The zero-order chi connectivity index (χ0) is 22.3. The molecule has 1 amide bonds. The second-order valence-electron chi connectivity index (χ2n) is 6.70. The Hall–Kier alpha value is -3.65. The number of sulfonamides is 1. The van der Waals surface area contributed by atoms with Crippen LogP contribution in [-0.4, -0.2) is 34.2 Å². The van der Waals surface area contributed by atoms with Gasteiger partial charge >= 0.3 is 0 Å². The van der Waals surface area contributed by atoms with Crippen molar-refractivity contribution >= 4 is 27.8 Å². The van der Waals surface area contributed by atoms with Crippen LogP contribution in [0.2, 0.25) is 0 Å². The average Bonchev–Trinajstić information content (AvgIpc) is 2.79. The number of nitrogens with one attached hydrogen (secondary N) is 1. The number of rotatable bonds is 8. The SMILES string of the molecule is COc1ccccc1N(CC(=O)N/N=C\c1ccc(C)cc1)S(=O)(=O)c1ccccc1. The maximum absolute atomic E-state index is 13.3. The number of aryl methyl sites for hydroxylation is 1. The molecule has 0 aliphatic heterocycles. The Balaban J connectivity index is 1.86. The number of methoxy groups -OCH3 is 1. The molecule has 160 valence electrons. The third-order valence-corrected chi connectivity index (χ3v) is 6.23. The van der Waals surface area contributed by atoms with E-state index in [1.165, 1.54) is 25.5 Å². The van der Waals surface area contributed by atoms with Crippen molar-refractivity contribution in [2.75, 3.05) is 18.0 Å². The van der Waals surface area contributed by atoms with Gasteiger partial charge in [-0.25, -0.2) is 13.8 Å². The van der Waals surface area contributed by atoms with Gasteiger partial charge in [0.05, 0.1) is 23.9 Å². The molecule has 0 saturated heterocycles. The molecule has 0 spiro atoms. The van der Waals surface area contributed by atoms with Gasteiger partial charge < -0.3 is 4.74 Å². The van der Waals surface area contributed by atoms with Crippen LogP contribution in [0.15, 0.2) is 88.9 Å². The normalized spacial score (nSPS) is 11.3. The fraction of sp³-hybridized carbons (Fsp3) is 0.130.